The molecule has 0 saturated heterocycles. The number of hydrogen-bond acceptors (Lipinski definition) is 5. The predicted octanol–water partition coefficient (Wildman–Crippen LogP) is 2.94. The Hall–Kier alpha value is -3.21. The maximum absolute atomic E-state index is 14.8. The van der Waals surface area contributed by atoms with Crippen molar-refractivity contribution >= 4 is 11.8 Å². The Morgan fingerprint density at radius 3 is 1.68 bits per heavy atom. The molecule has 22 heavy (non-hydrogen) atoms. The molecule has 0 bridgehead atoms. The summed E-state index contributed by atoms with van der Waals surface area (Å²) in [7, 11) is 0. The molecule has 1 rings (SSSR count). The number of aliphatic imine (C=N–C) groups is 1. The van der Waals surface area contributed by atoms with E-state index in [9.17, 15) is 22.4 Å². The van der Waals surface area contributed by atoms with Crippen LogP contribution in [-0.4, -0.2) is 12.3 Å². The van der Waals surface area contributed by atoms with Gasteiger partial charge in [0.1, 0.15) is 18.2 Å². The van der Waals surface area contributed by atoms with Gasteiger partial charge in [0.25, 0.3) is 11.1 Å². The van der Waals surface area contributed by atoms with Crippen LogP contribution in [0, 0.1) is 39.4 Å². The van der Waals surface area contributed by atoms with Crippen LogP contribution in [0.4, 0.5) is 23.2 Å². The average Bonchev–Trinajstić information content (AvgIpc) is 2.49. The van der Waals surface area contributed by atoms with Crippen LogP contribution < -0.4 is 0 Å². The van der Waals surface area contributed by atoms with E-state index in [4.69, 9.17) is 15.8 Å². The highest BCUT2D eigenvalue weighted by Gasteiger charge is 2.71. The Morgan fingerprint density at radius 2 is 1.36 bits per heavy atom. The van der Waals surface area contributed by atoms with Gasteiger partial charge >= 0.3 is 6.18 Å². The third-order valence-corrected chi connectivity index (χ3v) is 2.85. The Balaban J connectivity index is 3.70. The number of rotatable bonds is 3. The summed E-state index contributed by atoms with van der Waals surface area (Å²) in [4.78, 5) is 13.1. The summed E-state index contributed by atoms with van der Waals surface area (Å²) in [6, 6.07) is 5.28. The maximum atomic E-state index is 14.8. The van der Waals surface area contributed by atoms with Crippen molar-refractivity contribution in [2.45, 2.75) is 11.8 Å². The zero-order valence-corrected chi connectivity index (χ0v) is 10.5. The molecule has 0 aliphatic heterocycles. The van der Waals surface area contributed by atoms with Crippen molar-refractivity contribution in [2.75, 3.05) is 0 Å². The van der Waals surface area contributed by atoms with Crippen molar-refractivity contribution in [1.82, 2.24) is 0 Å². The first-order chi connectivity index (χ1) is 10.2. The van der Waals surface area contributed by atoms with Crippen LogP contribution in [0.5, 0.6) is 0 Å². The minimum absolute atomic E-state index is 0.111. The number of isocyanates is 1. The molecule has 0 heterocycles. The monoisotopic (exact) mass is 308 g/mol. The number of benzene rings is 1. The van der Waals surface area contributed by atoms with E-state index in [2.05, 4.69) is 4.99 Å². The van der Waals surface area contributed by atoms with Crippen LogP contribution in [0.25, 0.3) is 0 Å². The number of nitriles is 3. The van der Waals surface area contributed by atoms with Crippen LogP contribution in [0.2, 0.25) is 0 Å². The Kier molecular flexibility index (Phi) is 4.33. The molecule has 0 spiro atoms. The van der Waals surface area contributed by atoms with Gasteiger partial charge in [-0.05, 0) is 12.1 Å². The fourth-order valence-corrected chi connectivity index (χ4v) is 1.72. The van der Waals surface area contributed by atoms with Crippen LogP contribution in [0.3, 0.4) is 0 Å². The summed E-state index contributed by atoms with van der Waals surface area (Å²) in [5, 5.41) is 26.3. The molecule has 110 valence electrons. The van der Waals surface area contributed by atoms with Gasteiger partial charge in [0, 0.05) is 5.56 Å². The van der Waals surface area contributed by atoms with E-state index in [1.54, 1.807) is 0 Å². The molecular weight excluding hydrogens is 304 g/mol. The summed E-state index contributed by atoms with van der Waals surface area (Å²) < 4.78 is 54.3. The molecule has 1 unspecified atom stereocenters. The second kappa shape index (κ2) is 5.65. The summed E-state index contributed by atoms with van der Waals surface area (Å²) in [6.07, 6.45) is -4.57. The van der Waals surface area contributed by atoms with E-state index in [-0.39, 0.29) is 5.69 Å². The fraction of sp³-hybridized carbons (Fsp3) is 0.231. The lowest BCUT2D eigenvalue weighted by Crippen LogP contribution is -2.51. The molecule has 0 aliphatic carbocycles. The number of hydrogen-bond donors (Lipinski definition) is 0. The maximum Gasteiger partial charge on any atom is 0.430 e. The van der Waals surface area contributed by atoms with Crippen LogP contribution in [-0.2, 0) is 10.5 Å². The van der Waals surface area contributed by atoms with Crippen molar-refractivity contribution in [1.29, 1.82) is 15.8 Å². The highest BCUT2D eigenvalue weighted by atomic mass is 19.4. The first kappa shape index (κ1) is 16.8. The van der Waals surface area contributed by atoms with Gasteiger partial charge in [-0.1, -0.05) is 12.1 Å². The lowest BCUT2D eigenvalue weighted by atomic mass is 9.71. The number of nitrogens with zero attached hydrogens (tertiary/aromatic N) is 4. The zero-order valence-electron chi connectivity index (χ0n) is 10.5. The molecule has 1 atom stereocenters. The average molecular weight is 308 g/mol. The molecule has 0 amide bonds. The molecule has 9 heteroatoms. The van der Waals surface area contributed by atoms with Crippen molar-refractivity contribution in [3.8, 4) is 18.2 Å². The third-order valence-electron chi connectivity index (χ3n) is 2.85. The van der Waals surface area contributed by atoms with Gasteiger partial charge in [-0.25, -0.2) is 9.18 Å². The van der Waals surface area contributed by atoms with Crippen molar-refractivity contribution in [2.24, 2.45) is 10.4 Å². The van der Waals surface area contributed by atoms with E-state index >= 15 is 0 Å². The molecule has 1 aromatic rings. The summed E-state index contributed by atoms with van der Waals surface area (Å²) >= 11 is 0. The van der Waals surface area contributed by atoms with Crippen molar-refractivity contribution in [3.63, 3.8) is 0 Å². The van der Waals surface area contributed by atoms with E-state index in [1.165, 1.54) is 0 Å². The SMILES string of the molecule is N#CC(C#N)(C#N)C(F)(c1ccc(N=C=O)cc1)C(F)(F)F. The number of alkyl halides is 4. The molecule has 0 N–H and O–H groups in total. The van der Waals surface area contributed by atoms with E-state index in [1.807, 2.05) is 0 Å². The molecule has 1 aromatic carbocycles. The Bertz CT molecular complexity index is 709. The Morgan fingerprint density at radius 1 is 0.909 bits per heavy atom. The Labute approximate surface area is 121 Å². The van der Waals surface area contributed by atoms with E-state index in [0.29, 0.717) is 12.1 Å². The highest BCUT2D eigenvalue weighted by molar-refractivity contribution is 5.51. The lowest BCUT2D eigenvalue weighted by Gasteiger charge is -2.33. The molecule has 0 fully saturated rings. The van der Waals surface area contributed by atoms with Gasteiger partial charge in [-0.3, -0.25) is 0 Å². The molecule has 0 saturated carbocycles. The lowest BCUT2D eigenvalue weighted by molar-refractivity contribution is -0.252. The third kappa shape index (κ3) is 2.29. The topological polar surface area (TPSA) is 101 Å². The molecule has 0 radical (unpaired) electrons. The largest absolute Gasteiger partial charge is 0.430 e. The van der Waals surface area contributed by atoms with E-state index in [0.717, 1.165) is 36.4 Å². The number of carbonyl (C=O) groups excluding carboxylic acids is 1. The van der Waals surface area contributed by atoms with Gasteiger partial charge < -0.3 is 0 Å². The van der Waals surface area contributed by atoms with Crippen molar-refractivity contribution < 1.29 is 22.4 Å². The second-order valence-corrected chi connectivity index (χ2v) is 3.99. The molecule has 5 nitrogen and oxygen atoms in total. The van der Waals surface area contributed by atoms with Gasteiger partial charge in [0.2, 0.25) is 6.08 Å². The highest BCUT2D eigenvalue weighted by Crippen LogP contribution is 2.53. The predicted molar refractivity (Wildman–Crippen MR) is 62.3 cm³/mol. The normalized spacial score (nSPS) is 13.7. The first-order valence-corrected chi connectivity index (χ1v) is 5.40. The first-order valence-electron chi connectivity index (χ1n) is 5.40. The van der Waals surface area contributed by atoms with E-state index < -0.39 is 22.8 Å². The summed E-state index contributed by atoms with van der Waals surface area (Å²) in [6.45, 7) is 0. The van der Waals surface area contributed by atoms with Crippen molar-refractivity contribution in [3.05, 3.63) is 29.8 Å². The second-order valence-electron chi connectivity index (χ2n) is 3.99. The van der Waals surface area contributed by atoms with Crippen LogP contribution in [0.1, 0.15) is 5.56 Å². The quantitative estimate of drug-likeness (QED) is 0.486. The minimum Gasteiger partial charge on any atom is -0.224 e. The summed E-state index contributed by atoms with van der Waals surface area (Å²) in [5.41, 5.74) is -9.41. The summed E-state index contributed by atoms with van der Waals surface area (Å²) in [5.74, 6) is 0. The standard InChI is InChI=1S/C13H4F4N4O/c14-12(13(15,16)17,11(5-18,6-19)7-20)9-1-3-10(4-2-9)21-8-22/h1-4H. The van der Waals surface area contributed by atoms with Crippen LogP contribution in [0.15, 0.2) is 29.3 Å². The van der Waals surface area contributed by atoms with Gasteiger partial charge in [0.05, 0.1) is 5.69 Å². The van der Waals surface area contributed by atoms with Gasteiger partial charge in [-0.2, -0.15) is 33.9 Å². The zero-order chi connectivity index (χ0) is 17.0. The molecular formula is C13H4F4N4O. The fourth-order valence-electron chi connectivity index (χ4n) is 1.72. The van der Waals surface area contributed by atoms with Gasteiger partial charge in [-0.15, -0.1) is 0 Å². The molecule has 0 aromatic heterocycles. The molecule has 0 aliphatic rings. The minimum atomic E-state index is -5.70. The van der Waals surface area contributed by atoms with Crippen LogP contribution >= 0.6 is 0 Å². The smallest absolute Gasteiger partial charge is 0.224 e. The number of halogens is 4. The van der Waals surface area contributed by atoms with Gasteiger partial charge in [0.15, 0.2) is 0 Å².